The minimum Gasteiger partial charge on any atom is -0.356 e. The maximum atomic E-state index is 4.75. The first-order valence-electron chi connectivity index (χ1n) is 9.07. The van der Waals surface area contributed by atoms with Crippen molar-refractivity contribution in [2.45, 2.75) is 40.0 Å². The van der Waals surface area contributed by atoms with Crippen LogP contribution in [0.2, 0.25) is 0 Å². The molecule has 0 radical (unpaired) electrons. The molecule has 0 spiro atoms. The zero-order valence-electron chi connectivity index (χ0n) is 15.8. The quantitative estimate of drug-likeness (QED) is 0.824. The fourth-order valence-corrected chi connectivity index (χ4v) is 4.79. The molecule has 4 heterocycles. The SMILES string of the molecule is Cc1nc(N2CC3CN(c4cc(C(C)(C)C)ncn4)CC3C2)sc1C. The predicted octanol–water partition coefficient (Wildman–Crippen LogP) is 3.42. The van der Waals surface area contributed by atoms with Crippen LogP contribution < -0.4 is 9.80 Å². The van der Waals surface area contributed by atoms with E-state index in [-0.39, 0.29) is 5.41 Å². The number of hydrogen-bond acceptors (Lipinski definition) is 6. The first-order chi connectivity index (χ1) is 11.8. The number of aromatic nitrogens is 3. The molecular formula is C19H27N5S. The van der Waals surface area contributed by atoms with Crippen molar-refractivity contribution >= 4 is 22.3 Å². The molecule has 0 bridgehead atoms. The maximum Gasteiger partial charge on any atom is 0.185 e. The van der Waals surface area contributed by atoms with E-state index < -0.39 is 0 Å². The third kappa shape index (κ3) is 3.12. The van der Waals surface area contributed by atoms with Crippen molar-refractivity contribution < 1.29 is 0 Å². The van der Waals surface area contributed by atoms with Gasteiger partial charge in [-0.05, 0) is 13.8 Å². The third-order valence-electron chi connectivity index (χ3n) is 5.52. The summed E-state index contributed by atoms with van der Waals surface area (Å²) >= 11 is 1.83. The lowest BCUT2D eigenvalue weighted by atomic mass is 9.92. The van der Waals surface area contributed by atoms with Crippen LogP contribution in [-0.4, -0.2) is 41.1 Å². The summed E-state index contributed by atoms with van der Waals surface area (Å²) in [5.74, 6) is 2.50. The summed E-state index contributed by atoms with van der Waals surface area (Å²) in [5, 5.41) is 1.20. The average molecular weight is 358 g/mol. The Hall–Kier alpha value is -1.69. The van der Waals surface area contributed by atoms with Gasteiger partial charge in [-0.2, -0.15) is 0 Å². The van der Waals surface area contributed by atoms with E-state index in [0.717, 1.165) is 37.7 Å². The van der Waals surface area contributed by atoms with Gasteiger partial charge in [0.2, 0.25) is 0 Å². The predicted molar refractivity (Wildman–Crippen MR) is 104 cm³/mol. The number of hydrogen-bond donors (Lipinski definition) is 0. The molecule has 134 valence electrons. The molecule has 2 aromatic rings. The molecule has 5 nitrogen and oxygen atoms in total. The Morgan fingerprint density at radius 1 is 1.00 bits per heavy atom. The molecule has 2 fully saturated rings. The Labute approximate surface area is 154 Å². The highest BCUT2D eigenvalue weighted by Gasteiger charge is 2.41. The Kier molecular flexibility index (Phi) is 3.98. The molecule has 2 aliphatic heterocycles. The zero-order chi connectivity index (χ0) is 17.8. The third-order valence-corrected chi connectivity index (χ3v) is 6.65. The molecule has 0 saturated carbocycles. The summed E-state index contributed by atoms with van der Waals surface area (Å²) in [6.07, 6.45) is 1.72. The number of aryl methyl sites for hydroxylation is 2. The first kappa shape index (κ1) is 16.8. The second kappa shape index (κ2) is 5.94. The lowest BCUT2D eigenvalue weighted by Crippen LogP contribution is -2.29. The smallest absolute Gasteiger partial charge is 0.185 e. The molecule has 2 aromatic heterocycles. The Balaban J connectivity index is 1.46. The molecule has 0 aliphatic carbocycles. The van der Waals surface area contributed by atoms with Crippen molar-refractivity contribution in [2.24, 2.45) is 11.8 Å². The zero-order valence-corrected chi connectivity index (χ0v) is 16.6. The van der Waals surface area contributed by atoms with Crippen LogP contribution in [0, 0.1) is 25.7 Å². The van der Waals surface area contributed by atoms with E-state index >= 15 is 0 Å². The van der Waals surface area contributed by atoms with Crippen molar-refractivity contribution in [3.63, 3.8) is 0 Å². The van der Waals surface area contributed by atoms with Crippen LogP contribution in [0.15, 0.2) is 12.4 Å². The largest absolute Gasteiger partial charge is 0.356 e. The standard InChI is InChI=1S/C19H27N5S/c1-12-13(2)25-18(22-12)24-9-14-7-23(8-15(14)10-24)17-6-16(19(3,4)5)20-11-21-17/h6,11,14-15H,7-10H2,1-5H3. The van der Waals surface area contributed by atoms with Crippen molar-refractivity contribution in [2.75, 3.05) is 36.0 Å². The monoisotopic (exact) mass is 357 g/mol. The second-order valence-electron chi connectivity index (χ2n) is 8.48. The van der Waals surface area contributed by atoms with Gasteiger partial charge in [0, 0.05) is 54.4 Å². The molecule has 25 heavy (non-hydrogen) atoms. The Bertz CT molecular complexity index is 745. The number of fused-ring (bicyclic) bond motifs is 1. The van der Waals surface area contributed by atoms with E-state index in [1.54, 1.807) is 6.33 Å². The van der Waals surface area contributed by atoms with Crippen LogP contribution in [0.3, 0.4) is 0 Å². The van der Waals surface area contributed by atoms with Crippen LogP contribution in [0.4, 0.5) is 10.9 Å². The van der Waals surface area contributed by atoms with E-state index in [4.69, 9.17) is 4.98 Å². The van der Waals surface area contributed by atoms with Crippen LogP contribution in [0.5, 0.6) is 0 Å². The average Bonchev–Trinajstić information content (AvgIpc) is 3.20. The minimum atomic E-state index is 0.0602. The second-order valence-corrected chi connectivity index (χ2v) is 9.66. The molecule has 2 unspecified atom stereocenters. The van der Waals surface area contributed by atoms with Gasteiger partial charge in [-0.3, -0.25) is 0 Å². The van der Waals surface area contributed by atoms with Gasteiger partial charge in [0.05, 0.1) is 11.4 Å². The number of rotatable bonds is 2. The summed E-state index contributed by atoms with van der Waals surface area (Å²) in [4.78, 5) is 20.0. The molecule has 0 N–H and O–H groups in total. The van der Waals surface area contributed by atoms with E-state index in [0.29, 0.717) is 11.8 Å². The normalized spacial score (nSPS) is 23.4. The van der Waals surface area contributed by atoms with Gasteiger partial charge in [-0.25, -0.2) is 15.0 Å². The van der Waals surface area contributed by atoms with Crippen molar-refractivity contribution in [3.05, 3.63) is 28.7 Å². The van der Waals surface area contributed by atoms with E-state index in [1.165, 1.54) is 15.7 Å². The van der Waals surface area contributed by atoms with Crippen molar-refractivity contribution in [1.82, 2.24) is 15.0 Å². The summed E-state index contributed by atoms with van der Waals surface area (Å²) in [6, 6.07) is 2.17. The number of thiazole rings is 1. The molecule has 0 amide bonds. The van der Waals surface area contributed by atoms with E-state index in [9.17, 15) is 0 Å². The fourth-order valence-electron chi connectivity index (χ4n) is 3.86. The van der Waals surface area contributed by atoms with Gasteiger partial charge in [0.1, 0.15) is 12.1 Å². The highest BCUT2D eigenvalue weighted by atomic mass is 32.1. The van der Waals surface area contributed by atoms with E-state index in [2.05, 4.69) is 60.5 Å². The lowest BCUT2D eigenvalue weighted by molar-refractivity contribution is 0.533. The molecule has 0 aromatic carbocycles. The van der Waals surface area contributed by atoms with Crippen LogP contribution in [0.25, 0.3) is 0 Å². The highest BCUT2D eigenvalue weighted by Crippen LogP contribution is 2.37. The summed E-state index contributed by atoms with van der Waals surface area (Å²) in [5.41, 5.74) is 2.35. The summed E-state index contributed by atoms with van der Waals surface area (Å²) in [7, 11) is 0. The van der Waals surface area contributed by atoms with Gasteiger partial charge >= 0.3 is 0 Å². The molecule has 2 atom stereocenters. The Morgan fingerprint density at radius 3 is 2.20 bits per heavy atom. The summed E-state index contributed by atoms with van der Waals surface area (Å²) < 4.78 is 0. The van der Waals surface area contributed by atoms with Gasteiger partial charge < -0.3 is 9.80 Å². The fraction of sp³-hybridized carbons (Fsp3) is 0.632. The minimum absolute atomic E-state index is 0.0602. The molecule has 2 aliphatic rings. The lowest BCUT2D eigenvalue weighted by Gasteiger charge is -2.24. The molecular weight excluding hydrogens is 330 g/mol. The molecule has 6 heteroatoms. The Morgan fingerprint density at radius 2 is 1.64 bits per heavy atom. The highest BCUT2D eigenvalue weighted by molar-refractivity contribution is 7.15. The number of anilines is 2. The van der Waals surface area contributed by atoms with Crippen molar-refractivity contribution in [3.8, 4) is 0 Å². The van der Waals surface area contributed by atoms with Crippen molar-refractivity contribution in [1.29, 1.82) is 0 Å². The van der Waals surface area contributed by atoms with Gasteiger partial charge in [-0.1, -0.05) is 20.8 Å². The first-order valence-corrected chi connectivity index (χ1v) is 9.89. The van der Waals surface area contributed by atoms with Gasteiger partial charge in [0.25, 0.3) is 0 Å². The van der Waals surface area contributed by atoms with E-state index in [1.807, 2.05) is 11.3 Å². The maximum absolute atomic E-state index is 4.75. The molecule has 2 saturated heterocycles. The molecule has 4 rings (SSSR count). The number of nitrogens with zero attached hydrogens (tertiary/aromatic N) is 5. The summed E-state index contributed by atoms with van der Waals surface area (Å²) in [6.45, 7) is 15.3. The van der Waals surface area contributed by atoms with Crippen LogP contribution >= 0.6 is 11.3 Å². The van der Waals surface area contributed by atoms with Crippen LogP contribution in [-0.2, 0) is 5.41 Å². The topological polar surface area (TPSA) is 45.2 Å². The van der Waals surface area contributed by atoms with Gasteiger partial charge in [0.15, 0.2) is 5.13 Å². The van der Waals surface area contributed by atoms with Gasteiger partial charge in [-0.15, -0.1) is 11.3 Å². The van der Waals surface area contributed by atoms with Crippen LogP contribution in [0.1, 0.15) is 37.0 Å².